The number of methoxy groups -OCH3 is 1. The summed E-state index contributed by atoms with van der Waals surface area (Å²) in [7, 11) is 1.67. The summed E-state index contributed by atoms with van der Waals surface area (Å²) in [6.45, 7) is 7.19. The molecule has 2 aromatic rings. The smallest absolute Gasteiger partial charge is 0.265 e. The first-order valence-corrected chi connectivity index (χ1v) is 9.02. The van der Waals surface area contributed by atoms with Crippen LogP contribution in [0.4, 0.5) is 5.69 Å². The van der Waals surface area contributed by atoms with E-state index in [1.165, 1.54) is 17.0 Å². The van der Waals surface area contributed by atoms with E-state index in [4.69, 9.17) is 4.74 Å². The molecule has 1 fully saturated rings. The highest BCUT2D eigenvalue weighted by molar-refractivity contribution is 7.13. The van der Waals surface area contributed by atoms with Crippen molar-refractivity contribution in [1.29, 1.82) is 0 Å². The molecule has 0 N–H and O–H groups in total. The normalized spacial score (nSPS) is 15.3. The first-order chi connectivity index (χ1) is 11.6. The summed E-state index contributed by atoms with van der Waals surface area (Å²) in [5.41, 5.74) is 2.02. The van der Waals surface area contributed by atoms with E-state index >= 15 is 0 Å². The predicted octanol–water partition coefficient (Wildman–Crippen LogP) is 3.12. The molecule has 6 heteroatoms. The zero-order valence-electron chi connectivity index (χ0n) is 14.4. The van der Waals surface area contributed by atoms with Gasteiger partial charge in [0.05, 0.1) is 17.8 Å². The number of carbonyl (C=O) groups excluding carboxylic acids is 1. The van der Waals surface area contributed by atoms with E-state index in [1.807, 2.05) is 30.9 Å². The average Bonchev–Trinajstić information content (AvgIpc) is 2.79. The van der Waals surface area contributed by atoms with Gasteiger partial charge in [-0.05, 0) is 44.5 Å². The molecule has 0 saturated carbocycles. The lowest BCUT2D eigenvalue weighted by Gasteiger charge is -2.23. The van der Waals surface area contributed by atoms with E-state index in [2.05, 4.69) is 22.0 Å². The Bertz CT molecular complexity index is 712. The molecule has 1 aliphatic rings. The molecule has 24 heavy (non-hydrogen) atoms. The summed E-state index contributed by atoms with van der Waals surface area (Å²) < 4.78 is 5.22. The van der Waals surface area contributed by atoms with Gasteiger partial charge >= 0.3 is 0 Å². The van der Waals surface area contributed by atoms with E-state index in [-0.39, 0.29) is 5.91 Å². The highest BCUT2D eigenvalue weighted by Gasteiger charge is 2.23. The lowest BCUT2D eigenvalue weighted by atomic mass is 10.2. The molecule has 1 amide bonds. The van der Waals surface area contributed by atoms with Crippen molar-refractivity contribution < 1.29 is 9.53 Å². The molecule has 128 valence electrons. The fraction of sp³-hybridized carbons (Fsp3) is 0.444. The number of benzene rings is 1. The maximum Gasteiger partial charge on any atom is 0.265 e. The Morgan fingerprint density at radius 3 is 2.50 bits per heavy atom. The summed E-state index contributed by atoms with van der Waals surface area (Å²) in [6, 6.07) is 8.11. The van der Waals surface area contributed by atoms with Gasteiger partial charge in [0.15, 0.2) is 0 Å². The van der Waals surface area contributed by atoms with Crippen molar-refractivity contribution in [3.05, 3.63) is 39.8 Å². The number of aromatic nitrogens is 1. The predicted molar refractivity (Wildman–Crippen MR) is 97.3 cm³/mol. The minimum absolute atomic E-state index is 0.120. The van der Waals surface area contributed by atoms with Crippen molar-refractivity contribution in [2.24, 2.45) is 0 Å². The fourth-order valence-corrected chi connectivity index (χ4v) is 3.93. The minimum Gasteiger partial charge on any atom is -0.497 e. The molecule has 0 aliphatic carbocycles. The minimum atomic E-state index is 0.120. The van der Waals surface area contributed by atoms with Gasteiger partial charge in [0.25, 0.3) is 5.91 Å². The summed E-state index contributed by atoms with van der Waals surface area (Å²) in [4.78, 5) is 22.2. The van der Waals surface area contributed by atoms with Crippen LogP contribution in [0.2, 0.25) is 0 Å². The topological polar surface area (TPSA) is 45.7 Å². The molecular weight excluding hydrogens is 322 g/mol. The number of hydrogen-bond acceptors (Lipinski definition) is 5. The Balaban J connectivity index is 1.68. The quantitative estimate of drug-likeness (QED) is 0.857. The number of ether oxygens (including phenoxy) is 1. The zero-order chi connectivity index (χ0) is 17.1. The van der Waals surface area contributed by atoms with Crippen LogP contribution in [-0.2, 0) is 0 Å². The van der Waals surface area contributed by atoms with Crippen LogP contribution in [0, 0.1) is 13.8 Å². The lowest BCUT2D eigenvalue weighted by Crippen LogP contribution is -2.35. The number of hydrogen-bond donors (Lipinski definition) is 0. The third-order valence-electron chi connectivity index (χ3n) is 4.32. The van der Waals surface area contributed by atoms with Crippen LogP contribution >= 0.6 is 11.3 Å². The number of aryl methyl sites for hydroxylation is 2. The second-order valence-electron chi connectivity index (χ2n) is 5.98. The van der Waals surface area contributed by atoms with Crippen molar-refractivity contribution in [2.45, 2.75) is 20.3 Å². The number of rotatable bonds is 3. The van der Waals surface area contributed by atoms with Crippen LogP contribution in [0.15, 0.2) is 24.3 Å². The first-order valence-electron chi connectivity index (χ1n) is 8.21. The second-order valence-corrected chi connectivity index (χ2v) is 7.18. The van der Waals surface area contributed by atoms with Crippen LogP contribution in [0.25, 0.3) is 0 Å². The molecule has 0 bridgehead atoms. The summed E-state index contributed by atoms with van der Waals surface area (Å²) in [6.07, 6.45) is 0.967. The van der Waals surface area contributed by atoms with Gasteiger partial charge in [0, 0.05) is 31.9 Å². The monoisotopic (exact) mass is 345 g/mol. The van der Waals surface area contributed by atoms with Gasteiger partial charge in [0.1, 0.15) is 10.6 Å². The molecule has 2 heterocycles. The molecular formula is C18H23N3O2S. The van der Waals surface area contributed by atoms with Gasteiger partial charge < -0.3 is 14.5 Å². The Morgan fingerprint density at radius 1 is 1.12 bits per heavy atom. The van der Waals surface area contributed by atoms with Crippen LogP contribution in [0.5, 0.6) is 5.75 Å². The van der Waals surface area contributed by atoms with E-state index in [9.17, 15) is 4.79 Å². The molecule has 1 aliphatic heterocycles. The lowest BCUT2D eigenvalue weighted by molar-refractivity contribution is 0.0771. The van der Waals surface area contributed by atoms with Crippen molar-refractivity contribution in [3.63, 3.8) is 0 Å². The Morgan fingerprint density at radius 2 is 1.88 bits per heavy atom. The Hall–Kier alpha value is -2.08. The van der Waals surface area contributed by atoms with Crippen LogP contribution in [0.1, 0.15) is 26.8 Å². The van der Waals surface area contributed by atoms with Crippen molar-refractivity contribution in [2.75, 3.05) is 38.2 Å². The summed E-state index contributed by atoms with van der Waals surface area (Å²) >= 11 is 1.49. The average molecular weight is 345 g/mol. The first kappa shape index (κ1) is 16.8. The van der Waals surface area contributed by atoms with Gasteiger partial charge in [-0.15, -0.1) is 11.3 Å². The molecule has 1 saturated heterocycles. The van der Waals surface area contributed by atoms with Crippen LogP contribution in [-0.4, -0.2) is 49.1 Å². The van der Waals surface area contributed by atoms with Gasteiger partial charge in [-0.2, -0.15) is 0 Å². The highest BCUT2D eigenvalue weighted by Crippen LogP contribution is 2.23. The number of anilines is 1. The number of thiazole rings is 1. The molecule has 1 aromatic carbocycles. The molecule has 0 unspecified atom stereocenters. The van der Waals surface area contributed by atoms with Gasteiger partial charge in [-0.3, -0.25) is 4.79 Å². The number of nitrogens with zero attached hydrogens (tertiary/aromatic N) is 3. The van der Waals surface area contributed by atoms with Crippen molar-refractivity contribution >= 4 is 22.9 Å². The van der Waals surface area contributed by atoms with Crippen LogP contribution < -0.4 is 9.64 Å². The largest absolute Gasteiger partial charge is 0.497 e. The van der Waals surface area contributed by atoms with Gasteiger partial charge in [-0.1, -0.05) is 0 Å². The van der Waals surface area contributed by atoms with Gasteiger partial charge in [0.2, 0.25) is 0 Å². The molecule has 1 aromatic heterocycles. The number of amides is 1. The van der Waals surface area contributed by atoms with Crippen molar-refractivity contribution in [3.8, 4) is 5.75 Å². The maximum atomic E-state index is 12.8. The fourth-order valence-electron chi connectivity index (χ4n) is 3.05. The third-order valence-corrected chi connectivity index (χ3v) is 5.38. The molecule has 5 nitrogen and oxygen atoms in total. The van der Waals surface area contributed by atoms with E-state index in [1.54, 1.807) is 7.11 Å². The van der Waals surface area contributed by atoms with E-state index < -0.39 is 0 Å². The molecule has 3 rings (SSSR count). The molecule has 0 radical (unpaired) electrons. The Kier molecular flexibility index (Phi) is 5.04. The molecule has 0 spiro atoms. The molecule has 0 atom stereocenters. The summed E-state index contributed by atoms with van der Waals surface area (Å²) in [5.74, 6) is 0.982. The Labute approximate surface area is 146 Å². The van der Waals surface area contributed by atoms with Gasteiger partial charge in [-0.25, -0.2) is 4.98 Å². The van der Waals surface area contributed by atoms with Crippen molar-refractivity contribution in [1.82, 2.24) is 9.88 Å². The maximum absolute atomic E-state index is 12.8. The van der Waals surface area contributed by atoms with Crippen LogP contribution in [0.3, 0.4) is 0 Å². The SMILES string of the molecule is COc1ccc(N2CCCN(C(=O)c3sc(C)nc3C)CC2)cc1. The standard InChI is InChI=1S/C18H23N3O2S/c1-13-17(24-14(2)19-13)18(22)21-10-4-9-20(11-12-21)15-5-7-16(23-3)8-6-15/h5-8H,4,9-12H2,1-3H3. The van der Waals surface area contributed by atoms with E-state index in [0.29, 0.717) is 0 Å². The number of carbonyl (C=O) groups is 1. The highest BCUT2D eigenvalue weighted by atomic mass is 32.1. The van der Waals surface area contributed by atoms with E-state index in [0.717, 1.165) is 53.9 Å². The zero-order valence-corrected chi connectivity index (χ0v) is 15.2. The third kappa shape index (κ3) is 3.53. The summed E-state index contributed by atoms with van der Waals surface area (Å²) in [5, 5.41) is 0.950. The second kappa shape index (κ2) is 7.21.